The number of benzene rings is 1. The van der Waals surface area contributed by atoms with E-state index in [1.54, 1.807) is 4.68 Å². The molecule has 0 aliphatic rings. The Morgan fingerprint density at radius 2 is 2.00 bits per heavy atom. The maximum absolute atomic E-state index is 9.74. The van der Waals surface area contributed by atoms with Crippen molar-refractivity contribution in [2.75, 3.05) is 6.61 Å². The number of nitrogens with one attached hydrogen (secondary N) is 1. The first-order valence-corrected chi connectivity index (χ1v) is 6.95. The van der Waals surface area contributed by atoms with Gasteiger partial charge in [0.25, 0.3) is 0 Å². The minimum atomic E-state index is -0.511. The Balaban J connectivity index is 2.19. The van der Waals surface area contributed by atoms with Crippen LogP contribution in [0.15, 0.2) is 30.3 Å². The maximum atomic E-state index is 9.74. The van der Waals surface area contributed by atoms with E-state index in [9.17, 15) is 5.11 Å². The molecule has 0 aliphatic carbocycles. The average molecular weight is 294 g/mol. The van der Waals surface area contributed by atoms with E-state index in [1.807, 2.05) is 51.2 Å². The molecule has 0 saturated heterocycles. The molecule has 1 heterocycles. The Bertz CT molecular complexity index is 582. The van der Waals surface area contributed by atoms with Crippen LogP contribution in [0.25, 0.3) is 0 Å². The van der Waals surface area contributed by atoms with Gasteiger partial charge in [-0.2, -0.15) is 5.10 Å². The fraction of sp³-hybridized carbons (Fsp3) is 0.400. The van der Waals surface area contributed by atoms with Crippen LogP contribution in [0, 0.1) is 6.92 Å². The molecule has 1 aromatic heterocycles. The van der Waals surface area contributed by atoms with Gasteiger partial charge in [0.05, 0.1) is 28.6 Å². The zero-order chi connectivity index (χ0) is 14.8. The second-order valence-corrected chi connectivity index (χ2v) is 5.56. The van der Waals surface area contributed by atoms with Crippen LogP contribution in [0.1, 0.15) is 23.9 Å². The van der Waals surface area contributed by atoms with Crippen molar-refractivity contribution >= 4 is 11.6 Å². The van der Waals surface area contributed by atoms with E-state index in [4.69, 9.17) is 11.6 Å². The minimum absolute atomic E-state index is 0.00542. The summed E-state index contributed by atoms with van der Waals surface area (Å²) in [5.74, 6) is 0. The van der Waals surface area contributed by atoms with Crippen LogP contribution in [0.4, 0.5) is 0 Å². The quantitative estimate of drug-likeness (QED) is 0.890. The molecule has 0 radical (unpaired) electrons. The lowest BCUT2D eigenvalue weighted by Gasteiger charge is -2.29. The van der Waals surface area contributed by atoms with Gasteiger partial charge in [0.1, 0.15) is 0 Å². The van der Waals surface area contributed by atoms with Gasteiger partial charge in [0, 0.05) is 13.6 Å². The smallest absolute Gasteiger partial charge is 0.0860 e. The highest BCUT2D eigenvalue weighted by molar-refractivity contribution is 6.31. The third-order valence-corrected chi connectivity index (χ3v) is 4.13. The summed E-state index contributed by atoms with van der Waals surface area (Å²) in [5, 5.41) is 18.1. The summed E-state index contributed by atoms with van der Waals surface area (Å²) in [6.07, 6.45) is 0. The van der Waals surface area contributed by atoms with Gasteiger partial charge >= 0.3 is 0 Å². The van der Waals surface area contributed by atoms with Gasteiger partial charge in [-0.05, 0) is 19.4 Å². The number of halogens is 1. The Kier molecular flexibility index (Phi) is 4.48. The van der Waals surface area contributed by atoms with Crippen LogP contribution in [-0.2, 0) is 19.1 Å². The molecule has 0 spiro atoms. The van der Waals surface area contributed by atoms with E-state index in [2.05, 4.69) is 10.4 Å². The second kappa shape index (κ2) is 5.95. The predicted octanol–water partition coefficient (Wildman–Crippen LogP) is 2.38. The Morgan fingerprint density at radius 3 is 2.50 bits per heavy atom. The molecule has 2 rings (SSSR count). The largest absolute Gasteiger partial charge is 0.394 e. The Morgan fingerprint density at radius 1 is 1.35 bits per heavy atom. The number of aryl methyl sites for hydroxylation is 2. The normalized spacial score (nSPS) is 14.2. The predicted molar refractivity (Wildman–Crippen MR) is 80.7 cm³/mol. The summed E-state index contributed by atoms with van der Waals surface area (Å²) in [5.41, 5.74) is 2.26. The summed E-state index contributed by atoms with van der Waals surface area (Å²) in [4.78, 5) is 0. The van der Waals surface area contributed by atoms with Crippen molar-refractivity contribution < 1.29 is 5.11 Å². The second-order valence-electron chi connectivity index (χ2n) is 5.18. The summed E-state index contributed by atoms with van der Waals surface area (Å²) in [7, 11) is 1.87. The molecule has 1 atom stereocenters. The van der Waals surface area contributed by atoms with E-state index in [1.165, 1.54) is 0 Å². The lowest BCUT2D eigenvalue weighted by atomic mass is 9.93. The van der Waals surface area contributed by atoms with Crippen LogP contribution < -0.4 is 5.32 Å². The van der Waals surface area contributed by atoms with E-state index >= 15 is 0 Å². The zero-order valence-electron chi connectivity index (χ0n) is 12.0. The van der Waals surface area contributed by atoms with Gasteiger partial charge < -0.3 is 5.11 Å². The number of hydrogen-bond donors (Lipinski definition) is 2. The van der Waals surface area contributed by atoms with Crippen molar-refractivity contribution in [3.05, 3.63) is 52.3 Å². The molecule has 5 heteroatoms. The maximum Gasteiger partial charge on any atom is 0.0860 e. The summed E-state index contributed by atoms with van der Waals surface area (Å²) in [6.45, 7) is 4.40. The van der Waals surface area contributed by atoms with E-state index < -0.39 is 5.54 Å². The highest BCUT2D eigenvalue weighted by atomic mass is 35.5. The molecule has 0 bridgehead atoms. The van der Waals surface area contributed by atoms with Gasteiger partial charge in [-0.15, -0.1) is 0 Å². The number of rotatable bonds is 5. The number of nitrogens with zero attached hydrogens (tertiary/aromatic N) is 2. The molecule has 2 aromatic rings. The highest BCUT2D eigenvalue weighted by Crippen LogP contribution is 2.23. The Labute approximate surface area is 124 Å². The van der Waals surface area contributed by atoms with Crippen LogP contribution in [0.3, 0.4) is 0 Å². The third kappa shape index (κ3) is 2.87. The van der Waals surface area contributed by atoms with Crippen LogP contribution in [0.2, 0.25) is 5.02 Å². The first kappa shape index (κ1) is 15.0. The van der Waals surface area contributed by atoms with Gasteiger partial charge in [0.15, 0.2) is 0 Å². The Hall–Kier alpha value is -1.36. The van der Waals surface area contributed by atoms with Crippen molar-refractivity contribution in [2.24, 2.45) is 7.05 Å². The number of aliphatic hydroxyl groups is 1. The standard InChI is InChI=1S/C15H20ClN3O/c1-11-14(16)13(19(3)18-11)9-17-15(2,10-20)12-7-5-4-6-8-12/h4-8,17,20H,9-10H2,1-3H3. The molecule has 1 aromatic carbocycles. The van der Waals surface area contributed by atoms with Crippen molar-refractivity contribution in [1.29, 1.82) is 0 Å². The molecule has 4 nitrogen and oxygen atoms in total. The van der Waals surface area contributed by atoms with E-state index in [0.29, 0.717) is 11.6 Å². The van der Waals surface area contributed by atoms with Crippen LogP contribution in [0.5, 0.6) is 0 Å². The molecular weight excluding hydrogens is 274 g/mol. The van der Waals surface area contributed by atoms with Gasteiger partial charge in [0.2, 0.25) is 0 Å². The fourth-order valence-electron chi connectivity index (χ4n) is 2.21. The van der Waals surface area contributed by atoms with Gasteiger partial charge in [-0.1, -0.05) is 41.9 Å². The average Bonchev–Trinajstić information content (AvgIpc) is 2.71. The summed E-state index contributed by atoms with van der Waals surface area (Å²) in [6, 6.07) is 9.89. The minimum Gasteiger partial charge on any atom is -0.394 e. The van der Waals surface area contributed by atoms with Crippen molar-refractivity contribution in [2.45, 2.75) is 25.9 Å². The van der Waals surface area contributed by atoms with Gasteiger partial charge in [-0.25, -0.2) is 0 Å². The van der Waals surface area contributed by atoms with Crippen molar-refractivity contribution in [3.8, 4) is 0 Å². The topological polar surface area (TPSA) is 50.1 Å². The van der Waals surface area contributed by atoms with E-state index in [0.717, 1.165) is 17.0 Å². The van der Waals surface area contributed by atoms with Crippen molar-refractivity contribution in [1.82, 2.24) is 15.1 Å². The molecule has 1 unspecified atom stereocenters. The van der Waals surface area contributed by atoms with E-state index in [-0.39, 0.29) is 6.61 Å². The monoisotopic (exact) mass is 293 g/mol. The molecule has 0 fully saturated rings. The molecule has 0 amide bonds. The molecule has 20 heavy (non-hydrogen) atoms. The highest BCUT2D eigenvalue weighted by Gasteiger charge is 2.26. The molecular formula is C15H20ClN3O. The molecule has 0 aliphatic heterocycles. The summed E-state index contributed by atoms with van der Waals surface area (Å²) >= 11 is 6.25. The van der Waals surface area contributed by atoms with Gasteiger partial charge in [-0.3, -0.25) is 10.00 Å². The number of aliphatic hydroxyl groups excluding tert-OH is 1. The van der Waals surface area contributed by atoms with Crippen molar-refractivity contribution in [3.63, 3.8) is 0 Å². The summed E-state index contributed by atoms with van der Waals surface area (Å²) < 4.78 is 1.77. The molecule has 108 valence electrons. The zero-order valence-corrected chi connectivity index (χ0v) is 12.8. The lowest BCUT2D eigenvalue weighted by Crippen LogP contribution is -2.42. The number of hydrogen-bond acceptors (Lipinski definition) is 3. The number of aromatic nitrogens is 2. The molecule has 2 N–H and O–H groups in total. The first-order valence-electron chi connectivity index (χ1n) is 6.57. The first-order chi connectivity index (χ1) is 9.48. The van der Waals surface area contributed by atoms with Crippen LogP contribution in [-0.4, -0.2) is 21.5 Å². The third-order valence-electron chi connectivity index (χ3n) is 3.63. The fourth-order valence-corrected chi connectivity index (χ4v) is 2.43. The lowest BCUT2D eigenvalue weighted by molar-refractivity contribution is 0.172. The van der Waals surface area contributed by atoms with Crippen LogP contribution >= 0.6 is 11.6 Å². The SMILES string of the molecule is Cc1nn(C)c(CNC(C)(CO)c2ccccc2)c1Cl. The molecule has 0 saturated carbocycles.